The van der Waals surface area contributed by atoms with E-state index in [1.54, 1.807) is 0 Å². The van der Waals surface area contributed by atoms with Crippen LogP contribution in [0.4, 0.5) is 0 Å². The number of hydrogen-bond acceptors (Lipinski definition) is 3. The van der Waals surface area contributed by atoms with E-state index in [9.17, 15) is 0 Å². The van der Waals surface area contributed by atoms with Gasteiger partial charge in [-0.05, 0) is 38.6 Å². The molecule has 0 amide bonds. The molecule has 1 aromatic rings. The van der Waals surface area contributed by atoms with Crippen molar-refractivity contribution in [1.29, 1.82) is 0 Å². The molecule has 2 heterocycles. The number of imidazole rings is 1. The molecule has 2 unspecified atom stereocenters. The quantitative estimate of drug-likeness (QED) is 0.887. The third-order valence-electron chi connectivity index (χ3n) is 4.31. The van der Waals surface area contributed by atoms with Gasteiger partial charge in [0.15, 0.2) is 0 Å². The normalized spacial score (nSPS) is 22.6. The van der Waals surface area contributed by atoms with Gasteiger partial charge in [0, 0.05) is 31.4 Å². The molecule has 0 spiro atoms. The average Bonchev–Trinajstić information content (AvgIpc) is 2.97. The van der Waals surface area contributed by atoms with Crippen molar-refractivity contribution in [3.8, 4) is 0 Å². The molecule has 0 radical (unpaired) electrons. The molecule has 4 nitrogen and oxygen atoms in total. The van der Waals surface area contributed by atoms with Gasteiger partial charge in [-0.15, -0.1) is 0 Å². The molecule has 0 saturated carbocycles. The molecule has 19 heavy (non-hydrogen) atoms. The highest BCUT2D eigenvalue weighted by atomic mass is 15.2. The van der Waals surface area contributed by atoms with E-state index < -0.39 is 0 Å². The van der Waals surface area contributed by atoms with Crippen LogP contribution >= 0.6 is 0 Å². The Bertz CT molecular complexity index is 397. The summed E-state index contributed by atoms with van der Waals surface area (Å²) in [5.74, 6) is 1.18. The Morgan fingerprint density at radius 1 is 1.37 bits per heavy atom. The van der Waals surface area contributed by atoms with Crippen LogP contribution in [-0.2, 0) is 6.54 Å². The monoisotopic (exact) mass is 264 g/mol. The van der Waals surface area contributed by atoms with Gasteiger partial charge >= 0.3 is 0 Å². The van der Waals surface area contributed by atoms with Gasteiger partial charge in [-0.3, -0.25) is 0 Å². The average molecular weight is 264 g/mol. The van der Waals surface area contributed by atoms with Crippen molar-refractivity contribution in [1.82, 2.24) is 14.5 Å². The van der Waals surface area contributed by atoms with Gasteiger partial charge in [-0.1, -0.05) is 13.8 Å². The van der Waals surface area contributed by atoms with Crippen LogP contribution in [-0.4, -0.2) is 33.6 Å². The maximum atomic E-state index is 6.26. The molecule has 108 valence electrons. The van der Waals surface area contributed by atoms with E-state index in [2.05, 4.69) is 42.1 Å². The maximum Gasteiger partial charge on any atom is 0.0948 e. The first kappa shape index (κ1) is 14.5. The van der Waals surface area contributed by atoms with Crippen molar-refractivity contribution in [3.63, 3.8) is 0 Å². The highest BCUT2D eigenvalue weighted by Gasteiger charge is 2.25. The summed E-state index contributed by atoms with van der Waals surface area (Å²) in [6.45, 7) is 12.4. The largest absolute Gasteiger partial charge is 0.333 e. The fraction of sp³-hybridized carbons (Fsp3) is 0.800. The highest BCUT2D eigenvalue weighted by molar-refractivity contribution is 5.06. The van der Waals surface area contributed by atoms with E-state index in [1.807, 2.05) is 12.5 Å². The lowest BCUT2D eigenvalue weighted by Gasteiger charge is -2.22. The molecular weight excluding hydrogens is 236 g/mol. The van der Waals surface area contributed by atoms with Crippen LogP contribution in [0.1, 0.15) is 45.9 Å². The molecule has 1 aliphatic rings. The van der Waals surface area contributed by atoms with E-state index >= 15 is 0 Å². The first-order chi connectivity index (χ1) is 8.99. The smallest absolute Gasteiger partial charge is 0.0948 e. The summed E-state index contributed by atoms with van der Waals surface area (Å²) in [7, 11) is 0. The van der Waals surface area contributed by atoms with Gasteiger partial charge in [0.05, 0.1) is 12.0 Å². The molecule has 1 fully saturated rings. The van der Waals surface area contributed by atoms with Gasteiger partial charge < -0.3 is 15.2 Å². The summed E-state index contributed by atoms with van der Waals surface area (Å²) >= 11 is 0. The molecule has 2 rings (SSSR count). The number of nitrogens with two attached hydrogens (primary N) is 1. The van der Waals surface area contributed by atoms with Crippen LogP contribution in [0.25, 0.3) is 0 Å². The van der Waals surface area contributed by atoms with Crippen molar-refractivity contribution in [2.75, 3.05) is 13.1 Å². The van der Waals surface area contributed by atoms with Crippen molar-refractivity contribution < 1.29 is 0 Å². The van der Waals surface area contributed by atoms with Crippen molar-refractivity contribution >= 4 is 0 Å². The Kier molecular flexibility index (Phi) is 4.63. The molecule has 0 aromatic carbocycles. The number of likely N-dealkylation sites (tertiary alicyclic amines) is 1. The lowest BCUT2D eigenvalue weighted by atomic mass is 10.0. The SMILES string of the molecule is CC(C)C(N)c1cncn1CC1CCN(C(C)C)C1. The van der Waals surface area contributed by atoms with Gasteiger partial charge in [-0.2, -0.15) is 0 Å². The van der Waals surface area contributed by atoms with Gasteiger partial charge in [0.1, 0.15) is 0 Å². The van der Waals surface area contributed by atoms with Crippen LogP contribution in [0, 0.1) is 11.8 Å². The molecule has 0 bridgehead atoms. The van der Waals surface area contributed by atoms with Crippen molar-refractivity contribution in [2.45, 2.75) is 52.7 Å². The molecule has 1 aliphatic heterocycles. The minimum Gasteiger partial charge on any atom is -0.333 e. The number of hydrogen-bond donors (Lipinski definition) is 1. The first-order valence-corrected chi connectivity index (χ1v) is 7.48. The minimum atomic E-state index is 0.0881. The molecule has 0 aliphatic carbocycles. The Morgan fingerprint density at radius 3 is 2.68 bits per heavy atom. The predicted octanol–water partition coefficient (Wildman–Crippen LogP) is 2.27. The standard InChI is InChI=1S/C15H28N4/c1-11(2)15(16)14-7-17-10-19(14)9-13-5-6-18(8-13)12(3)4/h7,10-13,15H,5-6,8-9,16H2,1-4H3. The van der Waals surface area contributed by atoms with E-state index in [4.69, 9.17) is 5.73 Å². The molecule has 1 saturated heterocycles. The lowest BCUT2D eigenvalue weighted by molar-refractivity contribution is 0.260. The number of nitrogens with zero attached hydrogens (tertiary/aromatic N) is 3. The maximum absolute atomic E-state index is 6.26. The van der Waals surface area contributed by atoms with Crippen LogP contribution in [0.2, 0.25) is 0 Å². The molecule has 2 atom stereocenters. The summed E-state index contributed by atoms with van der Waals surface area (Å²) in [5.41, 5.74) is 7.44. The second-order valence-electron chi connectivity index (χ2n) is 6.48. The molecule has 4 heteroatoms. The zero-order valence-corrected chi connectivity index (χ0v) is 12.7. The fourth-order valence-corrected chi connectivity index (χ4v) is 2.86. The number of aromatic nitrogens is 2. The second kappa shape index (κ2) is 6.06. The fourth-order valence-electron chi connectivity index (χ4n) is 2.86. The second-order valence-corrected chi connectivity index (χ2v) is 6.48. The molecule has 2 N–H and O–H groups in total. The van der Waals surface area contributed by atoms with Gasteiger partial charge in [-0.25, -0.2) is 4.98 Å². The van der Waals surface area contributed by atoms with Crippen LogP contribution in [0.3, 0.4) is 0 Å². The van der Waals surface area contributed by atoms with Crippen LogP contribution < -0.4 is 5.73 Å². The Labute approximate surface area is 117 Å². The van der Waals surface area contributed by atoms with Crippen molar-refractivity contribution in [3.05, 3.63) is 18.2 Å². The van der Waals surface area contributed by atoms with Crippen LogP contribution in [0.15, 0.2) is 12.5 Å². The zero-order valence-electron chi connectivity index (χ0n) is 12.7. The molecular formula is C15H28N4. The Morgan fingerprint density at radius 2 is 2.11 bits per heavy atom. The summed E-state index contributed by atoms with van der Waals surface area (Å²) < 4.78 is 2.26. The lowest BCUT2D eigenvalue weighted by Crippen LogP contribution is -2.29. The summed E-state index contributed by atoms with van der Waals surface area (Å²) in [5, 5.41) is 0. The third-order valence-corrected chi connectivity index (χ3v) is 4.31. The predicted molar refractivity (Wildman–Crippen MR) is 78.8 cm³/mol. The third kappa shape index (κ3) is 3.37. The highest BCUT2D eigenvalue weighted by Crippen LogP contribution is 2.23. The van der Waals surface area contributed by atoms with Gasteiger partial charge in [0.25, 0.3) is 0 Å². The minimum absolute atomic E-state index is 0.0881. The van der Waals surface area contributed by atoms with Crippen LogP contribution in [0.5, 0.6) is 0 Å². The van der Waals surface area contributed by atoms with E-state index in [0.29, 0.717) is 12.0 Å². The first-order valence-electron chi connectivity index (χ1n) is 7.48. The number of rotatable bonds is 5. The summed E-state index contributed by atoms with van der Waals surface area (Å²) in [6.07, 6.45) is 5.15. The Hall–Kier alpha value is -0.870. The zero-order chi connectivity index (χ0) is 14.0. The van der Waals surface area contributed by atoms with Crippen molar-refractivity contribution in [2.24, 2.45) is 17.6 Å². The summed E-state index contributed by atoms with van der Waals surface area (Å²) in [6, 6.07) is 0.746. The van der Waals surface area contributed by atoms with E-state index in [1.165, 1.54) is 25.2 Å². The molecule has 1 aromatic heterocycles. The van der Waals surface area contributed by atoms with E-state index in [-0.39, 0.29) is 6.04 Å². The Balaban J connectivity index is 1.99. The summed E-state index contributed by atoms with van der Waals surface area (Å²) in [4.78, 5) is 6.85. The van der Waals surface area contributed by atoms with Gasteiger partial charge in [0.2, 0.25) is 0 Å². The topological polar surface area (TPSA) is 47.1 Å². The van der Waals surface area contributed by atoms with E-state index in [0.717, 1.165) is 12.5 Å².